The third-order valence-corrected chi connectivity index (χ3v) is 3.83. The van der Waals surface area contributed by atoms with Crippen LogP contribution in [0.3, 0.4) is 0 Å². The zero-order valence-corrected chi connectivity index (χ0v) is 12.1. The number of hydrogen-bond acceptors (Lipinski definition) is 2. The van der Waals surface area contributed by atoms with Gasteiger partial charge in [-0.25, -0.2) is 0 Å². The number of aromatic amines is 1. The Morgan fingerprint density at radius 2 is 2.16 bits per heavy atom. The Balaban J connectivity index is 2.63. The monoisotopic (exact) mass is 258 g/mol. The highest BCUT2D eigenvalue weighted by Crippen LogP contribution is 2.40. The van der Waals surface area contributed by atoms with E-state index in [4.69, 9.17) is 5.73 Å². The summed E-state index contributed by atoms with van der Waals surface area (Å²) in [6.07, 6.45) is 5.15. The quantitative estimate of drug-likeness (QED) is 0.761. The molecule has 3 nitrogen and oxygen atoms in total. The lowest BCUT2D eigenvalue weighted by atomic mass is 9.70. The largest absolute Gasteiger partial charge is 0.326 e. The topological polar surface area (TPSA) is 58.9 Å². The summed E-state index contributed by atoms with van der Waals surface area (Å²) in [5.74, 6) is 0.260. The number of nitrogens with one attached hydrogen (secondary N) is 1. The third-order valence-electron chi connectivity index (χ3n) is 3.83. The first-order chi connectivity index (χ1) is 8.86. The number of pyridine rings is 1. The fraction of sp³-hybridized carbons (Fsp3) is 0.438. The maximum atomic E-state index is 11.5. The molecule has 2 atom stereocenters. The van der Waals surface area contributed by atoms with Crippen molar-refractivity contribution in [2.24, 2.45) is 11.7 Å². The molecule has 1 heterocycles. The van der Waals surface area contributed by atoms with Crippen molar-refractivity contribution in [3.63, 3.8) is 0 Å². The third kappa shape index (κ3) is 2.43. The van der Waals surface area contributed by atoms with Gasteiger partial charge in [-0.05, 0) is 51.3 Å². The van der Waals surface area contributed by atoms with Crippen molar-refractivity contribution in [1.82, 2.24) is 4.98 Å². The molecule has 0 radical (unpaired) electrons. The van der Waals surface area contributed by atoms with Crippen LogP contribution in [0.1, 0.15) is 39.0 Å². The number of H-pyrrole nitrogens is 1. The molecule has 19 heavy (non-hydrogen) atoms. The molecule has 0 aliphatic heterocycles. The predicted molar refractivity (Wildman–Crippen MR) is 79.0 cm³/mol. The molecule has 0 saturated carbocycles. The Morgan fingerprint density at radius 3 is 2.74 bits per heavy atom. The Bertz CT molecular complexity index is 601. The molecule has 2 unspecified atom stereocenters. The fourth-order valence-electron chi connectivity index (χ4n) is 3.10. The second-order valence-electron chi connectivity index (χ2n) is 5.72. The Morgan fingerprint density at radius 1 is 1.47 bits per heavy atom. The number of allylic oxidation sites excluding steroid dienone is 3. The van der Waals surface area contributed by atoms with Gasteiger partial charge in [0.25, 0.3) is 0 Å². The second-order valence-corrected chi connectivity index (χ2v) is 5.72. The molecule has 1 aliphatic carbocycles. The number of fused-ring (bicyclic) bond motifs is 1. The molecule has 0 bridgehead atoms. The molecule has 0 amide bonds. The van der Waals surface area contributed by atoms with Gasteiger partial charge in [0.15, 0.2) is 0 Å². The van der Waals surface area contributed by atoms with Gasteiger partial charge in [-0.3, -0.25) is 4.79 Å². The Kier molecular flexibility index (Phi) is 3.50. The lowest BCUT2D eigenvalue weighted by molar-refractivity contribution is 0.471. The first-order valence-corrected chi connectivity index (χ1v) is 6.69. The minimum atomic E-state index is -0.525. The number of hydrogen-bond donors (Lipinski definition) is 2. The SMILES string of the molecule is C/C=C1\C(C=C(C)C)Cc2[nH]c(=O)ccc2C1(C)N. The van der Waals surface area contributed by atoms with Gasteiger partial charge in [0, 0.05) is 17.7 Å². The standard InChI is InChI=1S/C16H22N2O/c1-5-12-11(8-10(2)3)9-14-13(16(12,4)17)6-7-15(19)18-14/h5-8,11H,9,17H2,1-4H3,(H,18,19)/b12-5+. The van der Waals surface area contributed by atoms with Gasteiger partial charge in [-0.15, -0.1) is 0 Å². The van der Waals surface area contributed by atoms with Crippen LogP contribution in [-0.4, -0.2) is 4.98 Å². The summed E-state index contributed by atoms with van der Waals surface area (Å²) < 4.78 is 0. The minimum absolute atomic E-state index is 0.0607. The van der Waals surface area contributed by atoms with E-state index >= 15 is 0 Å². The van der Waals surface area contributed by atoms with Crippen molar-refractivity contribution >= 4 is 0 Å². The van der Waals surface area contributed by atoms with Gasteiger partial charge in [0.2, 0.25) is 5.56 Å². The van der Waals surface area contributed by atoms with Gasteiger partial charge in [0.1, 0.15) is 0 Å². The van der Waals surface area contributed by atoms with E-state index in [2.05, 4.69) is 31.0 Å². The molecule has 1 aliphatic rings. The summed E-state index contributed by atoms with van der Waals surface area (Å²) in [5, 5.41) is 0. The van der Waals surface area contributed by atoms with Gasteiger partial charge in [-0.2, -0.15) is 0 Å². The van der Waals surface area contributed by atoms with Crippen LogP contribution in [0.5, 0.6) is 0 Å². The fourth-order valence-corrected chi connectivity index (χ4v) is 3.10. The number of rotatable bonds is 1. The van der Waals surface area contributed by atoms with Crippen molar-refractivity contribution < 1.29 is 0 Å². The molecular weight excluding hydrogens is 236 g/mol. The predicted octanol–water partition coefficient (Wildman–Crippen LogP) is 2.63. The van der Waals surface area contributed by atoms with Crippen LogP contribution in [0.2, 0.25) is 0 Å². The summed E-state index contributed by atoms with van der Waals surface area (Å²) in [6.45, 7) is 8.22. The van der Waals surface area contributed by atoms with Gasteiger partial charge < -0.3 is 10.7 Å². The number of aromatic nitrogens is 1. The van der Waals surface area contributed by atoms with Crippen LogP contribution >= 0.6 is 0 Å². The zero-order valence-electron chi connectivity index (χ0n) is 12.1. The van der Waals surface area contributed by atoms with E-state index in [-0.39, 0.29) is 11.5 Å². The molecule has 0 aromatic carbocycles. The van der Waals surface area contributed by atoms with E-state index < -0.39 is 5.54 Å². The van der Waals surface area contributed by atoms with E-state index in [0.29, 0.717) is 0 Å². The van der Waals surface area contributed by atoms with Crippen LogP contribution in [0.15, 0.2) is 40.2 Å². The Hall–Kier alpha value is -1.61. The van der Waals surface area contributed by atoms with Crippen LogP contribution < -0.4 is 11.3 Å². The summed E-state index contributed by atoms with van der Waals surface area (Å²) in [4.78, 5) is 14.4. The average molecular weight is 258 g/mol. The lowest BCUT2D eigenvalue weighted by Gasteiger charge is -2.39. The number of nitrogens with two attached hydrogens (primary N) is 1. The lowest BCUT2D eigenvalue weighted by Crippen LogP contribution is -2.43. The molecular formula is C16H22N2O. The summed E-state index contributed by atoms with van der Waals surface area (Å²) in [6, 6.07) is 3.41. The first kappa shape index (κ1) is 13.8. The van der Waals surface area contributed by atoms with Gasteiger partial charge in [0.05, 0.1) is 5.54 Å². The van der Waals surface area contributed by atoms with Crippen LogP contribution in [0.25, 0.3) is 0 Å². The normalized spacial score (nSPS) is 28.1. The molecule has 0 fully saturated rings. The molecule has 2 rings (SSSR count). The summed E-state index contributed by atoms with van der Waals surface area (Å²) in [7, 11) is 0. The van der Waals surface area contributed by atoms with E-state index in [1.54, 1.807) is 6.07 Å². The molecule has 0 spiro atoms. The van der Waals surface area contributed by atoms with E-state index in [1.165, 1.54) is 11.1 Å². The van der Waals surface area contributed by atoms with Gasteiger partial charge in [-0.1, -0.05) is 17.7 Å². The van der Waals surface area contributed by atoms with Crippen molar-refractivity contribution in [3.05, 3.63) is 57.0 Å². The van der Waals surface area contributed by atoms with Crippen LogP contribution in [-0.2, 0) is 12.0 Å². The zero-order chi connectivity index (χ0) is 14.2. The van der Waals surface area contributed by atoms with Gasteiger partial charge >= 0.3 is 0 Å². The Labute approximate surface area is 114 Å². The summed E-state index contributed by atoms with van der Waals surface area (Å²) in [5.41, 5.74) is 10.4. The highest BCUT2D eigenvalue weighted by atomic mass is 16.1. The van der Waals surface area contributed by atoms with Crippen molar-refractivity contribution in [2.45, 2.75) is 39.7 Å². The summed E-state index contributed by atoms with van der Waals surface area (Å²) >= 11 is 0. The minimum Gasteiger partial charge on any atom is -0.326 e. The molecule has 3 N–H and O–H groups in total. The van der Waals surface area contributed by atoms with Crippen molar-refractivity contribution in [2.75, 3.05) is 0 Å². The highest BCUT2D eigenvalue weighted by molar-refractivity contribution is 5.44. The molecule has 1 aromatic heterocycles. The molecule has 102 valence electrons. The van der Waals surface area contributed by atoms with Crippen molar-refractivity contribution in [1.29, 1.82) is 0 Å². The van der Waals surface area contributed by atoms with Crippen molar-refractivity contribution in [3.8, 4) is 0 Å². The first-order valence-electron chi connectivity index (χ1n) is 6.69. The molecule has 0 saturated heterocycles. The average Bonchev–Trinajstić information content (AvgIpc) is 2.27. The second kappa shape index (κ2) is 4.82. The van der Waals surface area contributed by atoms with E-state index in [9.17, 15) is 4.79 Å². The van der Waals surface area contributed by atoms with E-state index in [0.717, 1.165) is 17.7 Å². The highest BCUT2D eigenvalue weighted by Gasteiger charge is 2.37. The van der Waals surface area contributed by atoms with E-state index in [1.807, 2.05) is 19.9 Å². The molecule has 3 heteroatoms. The maximum Gasteiger partial charge on any atom is 0.248 e. The molecule has 1 aromatic rings. The van der Waals surface area contributed by atoms with Crippen LogP contribution in [0, 0.1) is 5.92 Å². The smallest absolute Gasteiger partial charge is 0.248 e. The van der Waals surface area contributed by atoms with Crippen LogP contribution in [0.4, 0.5) is 0 Å². The maximum absolute atomic E-state index is 11.5.